The van der Waals surface area contributed by atoms with E-state index in [-0.39, 0.29) is 17.6 Å². The molecule has 0 aliphatic rings. The third-order valence-corrected chi connectivity index (χ3v) is 5.72. The SMILES string of the molecule is CCc1ccc(-c2nc(SCC(=O)Nc3cccc(C(=O)N(CC)CC)c3)n[nH]2)cc1. The molecule has 0 spiro atoms. The van der Waals surface area contributed by atoms with Crippen LogP contribution in [0.3, 0.4) is 0 Å². The van der Waals surface area contributed by atoms with Crippen molar-refractivity contribution in [3.8, 4) is 11.4 Å². The zero-order valence-electron chi connectivity index (χ0n) is 18.0. The number of nitrogens with zero attached hydrogens (tertiary/aromatic N) is 3. The number of nitrogens with one attached hydrogen (secondary N) is 2. The summed E-state index contributed by atoms with van der Waals surface area (Å²) in [6, 6.07) is 15.1. The fraction of sp³-hybridized carbons (Fsp3) is 0.304. The largest absolute Gasteiger partial charge is 0.339 e. The second-order valence-electron chi connectivity index (χ2n) is 6.91. The molecule has 1 aromatic heterocycles. The number of aromatic nitrogens is 3. The Morgan fingerprint density at radius 3 is 2.48 bits per heavy atom. The van der Waals surface area contributed by atoms with Gasteiger partial charge in [0, 0.05) is 29.9 Å². The Kier molecular flexibility index (Phi) is 7.83. The van der Waals surface area contributed by atoms with Gasteiger partial charge in [0.1, 0.15) is 0 Å². The van der Waals surface area contributed by atoms with Crippen LogP contribution < -0.4 is 5.32 Å². The summed E-state index contributed by atoms with van der Waals surface area (Å²) in [5, 5.41) is 10.5. The van der Waals surface area contributed by atoms with Gasteiger partial charge in [0.15, 0.2) is 5.82 Å². The van der Waals surface area contributed by atoms with Crippen LogP contribution in [0.4, 0.5) is 5.69 Å². The van der Waals surface area contributed by atoms with Crippen LogP contribution in [0, 0.1) is 0 Å². The number of carbonyl (C=O) groups excluding carboxylic acids is 2. The average molecular weight is 438 g/mol. The number of aryl methyl sites for hydroxylation is 1. The Hall–Kier alpha value is -3.13. The van der Waals surface area contributed by atoms with Gasteiger partial charge < -0.3 is 10.2 Å². The van der Waals surface area contributed by atoms with E-state index >= 15 is 0 Å². The molecule has 0 aliphatic heterocycles. The van der Waals surface area contributed by atoms with Crippen molar-refractivity contribution in [2.45, 2.75) is 32.3 Å². The molecular formula is C23H27N5O2S. The first-order valence-electron chi connectivity index (χ1n) is 10.4. The monoisotopic (exact) mass is 437 g/mol. The first kappa shape index (κ1) is 22.6. The lowest BCUT2D eigenvalue weighted by atomic mass is 10.1. The molecule has 162 valence electrons. The van der Waals surface area contributed by atoms with Crippen LogP contribution in [0.2, 0.25) is 0 Å². The van der Waals surface area contributed by atoms with Crippen LogP contribution in [0.25, 0.3) is 11.4 Å². The van der Waals surface area contributed by atoms with Gasteiger partial charge in [-0.15, -0.1) is 5.10 Å². The average Bonchev–Trinajstić information content (AvgIpc) is 3.28. The molecule has 0 atom stereocenters. The van der Waals surface area contributed by atoms with E-state index < -0.39 is 0 Å². The fourth-order valence-electron chi connectivity index (χ4n) is 3.09. The molecule has 0 bridgehead atoms. The summed E-state index contributed by atoms with van der Waals surface area (Å²) in [6.07, 6.45) is 0.986. The van der Waals surface area contributed by atoms with Gasteiger partial charge in [-0.1, -0.05) is 49.0 Å². The maximum absolute atomic E-state index is 12.5. The normalized spacial score (nSPS) is 10.7. The van der Waals surface area contributed by atoms with E-state index in [0.717, 1.165) is 12.0 Å². The van der Waals surface area contributed by atoms with E-state index in [0.29, 0.717) is 35.3 Å². The minimum absolute atomic E-state index is 0.0457. The second-order valence-corrected chi connectivity index (χ2v) is 7.85. The van der Waals surface area contributed by atoms with Gasteiger partial charge in [0.25, 0.3) is 5.91 Å². The molecule has 3 rings (SSSR count). The number of thioether (sulfide) groups is 1. The van der Waals surface area contributed by atoms with Crippen molar-refractivity contribution in [3.63, 3.8) is 0 Å². The molecule has 0 aliphatic carbocycles. The van der Waals surface area contributed by atoms with Crippen LogP contribution in [-0.2, 0) is 11.2 Å². The van der Waals surface area contributed by atoms with Crippen LogP contribution in [0.15, 0.2) is 53.7 Å². The summed E-state index contributed by atoms with van der Waals surface area (Å²) < 4.78 is 0. The van der Waals surface area contributed by atoms with E-state index in [9.17, 15) is 9.59 Å². The van der Waals surface area contributed by atoms with Crippen molar-refractivity contribution in [1.82, 2.24) is 20.1 Å². The minimum atomic E-state index is -0.184. The predicted octanol–water partition coefficient (Wildman–Crippen LogP) is 4.25. The number of aromatic amines is 1. The number of H-pyrrole nitrogens is 1. The Morgan fingerprint density at radius 2 is 1.81 bits per heavy atom. The number of amides is 2. The van der Waals surface area contributed by atoms with E-state index in [4.69, 9.17) is 0 Å². The highest BCUT2D eigenvalue weighted by Gasteiger charge is 2.14. The lowest BCUT2D eigenvalue weighted by molar-refractivity contribution is -0.113. The number of rotatable bonds is 9. The van der Waals surface area contributed by atoms with Crippen molar-refractivity contribution in [2.24, 2.45) is 0 Å². The van der Waals surface area contributed by atoms with Crippen molar-refractivity contribution in [1.29, 1.82) is 0 Å². The lowest BCUT2D eigenvalue weighted by Gasteiger charge is -2.19. The molecule has 0 fully saturated rings. The van der Waals surface area contributed by atoms with Gasteiger partial charge in [-0.05, 0) is 44.0 Å². The molecule has 0 saturated heterocycles. The summed E-state index contributed by atoms with van der Waals surface area (Å²) >= 11 is 1.25. The number of anilines is 1. The van der Waals surface area contributed by atoms with Crippen molar-refractivity contribution in [2.75, 3.05) is 24.2 Å². The molecule has 0 saturated carbocycles. The zero-order chi connectivity index (χ0) is 22.2. The Bertz CT molecular complexity index is 1030. The predicted molar refractivity (Wildman–Crippen MR) is 124 cm³/mol. The summed E-state index contributed by atoms with van der Waals surface area (Å²) in [6.45, 7) is 7.29. The van der Waals surface area contributed by atoms with Crippen molar-refractivity contribution >= 4 is 29.3 Å². The van der Waals surface area contributed by atoms with Crippen LogP contribution in [0.5, 0.6) is 0 Å². The number of carbonyl (C=O) groups is 2. The Labute approximate surface area is 186 Å². The minimum Gasteiger partial charge on any atom is -0.339 e. The molecule has 3 aromatic rings. The smallest absolute Gasteiger partial charge is 0.253 e. The molecule has 7 nitrogen and oxygen atoms in total. The highest BCUT2D eigenvalue weighted by Crippen LogP contribution is 2.20. The van der Waals surface area contributed by atoms with Crippen LogP contribution in [-0.4, -0.2) is 50.7 Å². The molecule has 2 amide bonds. The molecule has 8 heteroatoms. The highest BCUT2D eigenvalue weighted by molar-refractivity contribution is 7.99. The van der Waals surface area contributed by atoms with Crippen molar-refractivity contribution < 1.29 is 9.59 Å². The van der Waals surface area contributed by atoms with Gasteiger partial charge in [0.2, 0.25) is 11.1 Å². The van der Waals surface area contributed by atoms with Gasteiger partial charge in [-0.25, -0.2) is 4.98 Å². The first-order valence-corrected chi connectivity index (χ1v) is 11.4. The maximum atomic E-state index is 12.5. The Morgan fingerprint density at radius 1 is 1.06 bits per heavy atom. The lowest BCUT2D eigenvalue weighted by Crippen LogP contribution is -2.30. The topological polar surface area (TPSA) is 91.0 Å². The van der Waals surface area contributed by atoms with Gasteiger partial charge >= 0.3 is 0 Å². The van der Waals surface area contributed by atoms with E-state index in [1.165, 1.54) is 17.3 Å². The summed E-state index contributed by atoms with van der Waals surface area (Å²) in [7, 11) is 0. The fourth-order valence-corrected chi connectivity index (χ4v) is 3.69. The zero-order valence-corrected chi connectivity index (χ0v) is 18.8. The van der Waals surface area contributed by atoms with Gasteiger partial charge in [0.05, 0.1) is 5.75 Å². The molecule has 2 aromatic carbocycles. The second kappa shape index (κ2) is 10.8. The molecule has 31 heavy (non-hydrogen) atoms. The van der Waals surface area contributed by atoms with Crippen LogP contribution >= 0.6 is 11.8 Å². The molecular weight excluding hydrogens is 410 g/mol. The van der Waals surface area contributed by atoms with E-state index in [1.807, 2.05) is 26.0 Å². The first-order chi connectivity index (χ1) is 15.0. The summed E-state index contributed by atoms with van der Waals surface area (Å²) in [4.78, 5) is 31.1. The molecule has 2 N–H and O–H groups in total. The number of hydrogen-bond acceptors (Lipinski definition) is 5. The highest BCUT2D eigenvalue weighted by atomic mass is 32.2. The summed E-state index contributed by atoms with van der Waals surface area (Å²) in [5.74, 6) is 0.611. The van der Waals surface area contributed by atoms with Crippen molar-refractivity contribution in [3.05, 3.63) is 59.7 Å². The summed E-state index contributed by atoms with van der Waals surface area (Å²) in [5.41, 5.74) is 3.37. The van der Waals surface area contributed by atoms with Gasteiger partial charge in [-0.2, -0.15) is 0 Å². The third-order valence-electron chi connectivity index (χ3n) is 4.88. The van der Waals surface area contributed by atoms with E-state index in [2.05, 4.69) is 39.6 Å². The molecule has 1 heterocycles. The standard InChI is InChI=1S/C23H27N5O2S/c1-4-16-10-12-17(13-11-16)21-25-23(27-26-21)31-15-20(29)24-19-9-7-8-18(14-19)22(30)28(5-2)6-3/h7-14H,4-6,15H2,1-3H3,(H,24,29)(H,25,26,27). The third kappa shape index (κ3) is 5.95. The van der Waals surface area contributed by atoms with Gasteiger partial charge in [-0.3, -0.25) is 14.7 Å². The number of hydrogen-bond donors (Lipinski definition) is 2. The quantitative estimate of drug-likeness (QED) is 0.489. The maximum Gasteiger partial charge on any atom is 0.253 e. The molecule has 0 radical (unpaired) electrons. The van der Waals surface area contributed by atoms with Crippen LogP contribution in [0.1, 0.15) is 36.7 Å². The molecule has 0 unspecified atom stereocenters. The van der Waals surface area contributed by atoms with E-state index in [1.54, 1.807) is 29.2 Å². The Balaban J connectivity index is 1.56. The number of benzene rings is 2.